The number of carbonyl (C=O) groups is 3. The Morgan fingerprint density at radius 1 is 1.18 bits per heavy atom. The lowest BCUT2D eigenvalue weighted by atomic mass is 10.0. The van der Waals surface area contributed by atoms with Gasteiger partial charge in [0, 0.05) is 42.2 Å². The molecule has 2 aromatic rings. The highest BCUT2D eigenvalue weighted by Crippen LogP contribution is 2.33. The Kier molecular flexibility index (Phi) is 8.02. The molecule has 3 aliphatic rings. The summed E-state index contributed by atoms with van der Waals surface area (Å²) in [5, 5.41) is 3.86. The minimum absolute atomic E-state index is 0.0962. The maximum absolute atomic E-state index is 14.5. The Labute approximate surface area is 232 Å². The Morgan fingerprint density at radius 3 is 2.54 bits per heavy atom. The van der Waals surface area contributed by atoms with E-state index in [-0.39, 0.29) is 24.9 Å². The number of ketones is 1. The molecule has 39 heavy (non-hydrogen) atoms. The highest BCUT2D eigenvalue weighted by Gasteiger charge is 2.53. The molecular formula is C28H36FN5O4S. The van der Waals surface area contributed by atoms with E-state index in [0.29, 0.717) is 12.0 Å². The number of halogens is 1. The van der Waals surface area contributed by atoms with E-state index in [9.17, 15) is 18.8 Å². The summed E-state index contributed by atoms with van der Waals surface area (Å²) in [6.07, 6.45) is -1.97. The smallest absolute Gasteiger partial charge is 0.251 e. The molecule has 3 saturated heterocycles. The molecule has 9 nitrogen and oxygen atoms in total. The van der Waals surface area contributed by atoms with Crippen LogP contribution in [0.25, 0.3) is 11.3 Å². The molecule has 0 saturated carbocycles. The Hall–Kier alpha value is -2.89. The number of alkyl halides is 1. The summed E-state index contributed by atoms with van der Waals surface area (Å²) in [6, 6.07) is 5.41. The largest absolute Gasteiger partial charge is 0.365 e. The van der Waals surface area contributed by atoms with Crippen LogP contribution in [-0.2, 0) is 14.3 Å². The van der Waals surface area contributed by atoms with Crippen molar-refractivity contribution in [2.75, 3.05) is 51.3 Å². The molecule has 0 radical (unpaired) electrons. The lowest BCUT2D eigenvalue weighted by molar-refractivity contribution is -0.138. The molecule has 4 heterocycles. The first-order valence-corrected chi connectivity index (χ1v) is 14.3. The van der Waals surface area contributed by atoms with Gasteiger partial charge in [-0.1, -0.05) is 26.0 Å². The molecule has 4 atom stereocenters. The van der Waals surface area contributed by atoms with Crippen molar-refractivity contribution < 1.29 is 23.5 Å². The van der Waals surface area contributed by atoms with Gasteiger partial charge in [-0.3, -0.25) is 14.4 Å². The quantitative estimate of drug-likeness (QED) is 0.559. The number of nitrogens with one attached hydrogen (secondary N) is 1. The fourth-order valence-electron chi connectivity index (χ4n) is 5.52. The van der Waals surface area contributed by atoms with E-state index in [1.165, 1.54) is 4.90 Å². The maximum atomic E-state index is 14.5. The second-order valence-electron chi connectivity index (χ2n) is 11.1. The van der Waals surface area contributed by atoms with Gasteiger partial charge in [0.1, 0.15) is 31.0 Å². The highest BCUT2D eigenvalue weighted by atomic mass is 32.1. The van der Waals surface area contributed by atoms with Crippen LogP contribution in [0.3, 0.4) is 0 Å². The zero-order chi connectivity index (χ0) is 27.8. The van der Waals surface area contributed by atoms with Crippen LogP contribution in [-0.4, -0.2) is 103 Å². The molecule has 1 aromatic heterocycles. The third kappa shape index (κ3) is 5.71. The maximum Gasteiger partial charge on any atom is 0.251 e. The normalized spacial score (nSPS) is 24.4. The Morgan fingerprint density at radius 2 is 1.87 bits per heavy atom. The summed E-state index contributed by atoms with van der Waals surface area (Å²) in [7, 11) is 2.13. The van der Waals surface area contributed by atoms with Crippen LogP contribution >= 0.6 is 11.3 Å². The third-order valence-corrected chi connectivity index (χ3v) is 8.73. The van der Waals surface area contributed by atoms with E-state index in [1.54, 1.807) is 23.5 Å². The van der Waals surface area contributed by atoms with Crippen LogP contribution in [0.4, 0.5) is 9.52 Å². The van der Waals surface area contributed by atoms with Crippen molar-refractivity contribution in [2.45, 2.75) is 51.6 Å². The van der Waals surface area contributed by atoms with E-state index in [2.05, 4.69) is 29.1 Å². The van der Waals surface area contributed by atoms with Gasteiger partial charge < -0.3 is 24.8 Å². The topological polar surface area (TPSA) is 95.1 Å². The number of aromatic nitrogens is 1. The Bertz CT molecular complexity index is 1230. The lowest BCUT2D eigenvalue weighted by Gasteiger charge is -2.32. The number of Topliss-reactive ketones (excluding diaryl/α,β-unsaturated/α-hetero) is 1. The van der Waals surface area contributed by atoms with Gasteiger partial charge in [0.15, 0.2) is 10.9 Å². The number of thiazole rings is 1. The number of hydrogen-bond acceptors (Lipinski definition) is 8. The van der Waals surface area contributed by atoms with Gasteiger partial charge in [0.2, 0.25) is 5.91 Å². The van der Waals surface area contributed by atoms with E-state index < -0.39 is 36.2 Å². The predicted molar refractivity (Wildman–Crippen MR) is 148 cm³/mol. The number of amides is 2. The van der Waals surface area contributed by atoms with E-state index in [0.717, 1.165) is 47.4 Å². The molecule has 5 rings (SSSR count). The van der Waals surface area contributed by atoms with Crippen molar-refractivity contribution in [3.63, 3.8) is 0 Å². The van der Waals surface area contributed by atoms with Crippen molar-refractivity contribution in [3.05, 3.63) is 34.7 Å². The van der Waals surface area contributed by atoms with Gasteiger partial charge >= 0.3 is 0 Å². The van der Waals surface area contributed by atoms with E-state index in [4.69, 9.17) is 9.72 Å². The monoisotopic (exact) mass is 557 g/mol. The number of likely N-dealkylation sites (N-methyl/N-ethyl adjacent to an activating group) is 1. The first-order chi connectivity index (χ1) is 18.6. The summed E-state index contributed by atoms with van der Waals surface area (Å²) in [4.78, 5) is 50.8. The molecule has 3 aliphatic heterocycles. The van der Waals surface area contributed by atoms with E-state index >= 15 is 0 Å². The van der Waals surface area contributed by atoms with Crippen LogP contribution < -0.4 is 10.2 Å². The highest BCUT2D eigenvalue weighted by molar-refractivity contribution is 7.16. The van der Waals surface area contributed by atoms with Crippen molar-refractivity contribution in [1.29, 1.82) is 0 Å². The number of carbonyl (C=O) groups excluding carboxylic acids is 3. The minimum Gasteiger partial charge on any atom is -0.365 e. The average Bonchev–Trinajstić information content (AvgIpc) is 3.58. The molecular weight excluding hydrogens is 521 g/mol. The van der Waals surface area contributed by atoms with Gasteiger partial charge in [0.25, 0.3) is 5.91 Å². The summed E-state index contributed by atoms with van der Waals surface area (Å²) in [5.74, 6) is -1.04. The number of anilines is 1. The van der Waals surface area contributed by atoms with Crippen LogP contribution in [0, 0.1) is 12.8 Å². The predicted octanol–water partition coefficient (Wildman–Crippen LogP) is 2.53. The molecule has 2 amide bonds. The van der Waals surface area contributed by atoms with Crippen LogP contribution in [0.5, 0.6) is 0 Å². The molecule has 1 aromatic carbocycles. The molecule has 0 bridgehead atoms. The fraction of sp³-hybridized carbons (Fsp3) is 0.571. The first kappa shape index (κ1) is 27.7. The number of nitrogens with zero attached hydrogens (tertiary/aromatic N) is 4. The summed E-state index contributed by atoms with van der Waals surface area (Å²) < 4.78 is 19.8. The van der Waals surface area contributed by atoms with Crippen molar-refractivity contribution >= 4 is 34.1 Å². The summed E-state index contributed by atoms with van der Waals surface area (Å²) >= 11 is 1.68. The number of benzene rings is 1. The van der Waals surface area contributed by atoms with Crippen molar-refractivity contribution in [1.82, 2.24) is 20.1 Å². The molecule has 11 heteroatoms. The number of piperazine rings is 1. The second-order valence-corrected chi connectivity index (χ2v) is 12.3. The number of hydrogen-bond donors (Lipinski definition) is 1. The van der Waals surface area contributed by atoms with Gasteiger partial charge in [-0.15, -0.1) is 11.3 Å². The van der Waals surface area contributed by atoms with Gasteiger partial charge in [-0.05, 0) is 38.4 Å². The molecule has 0 aliphatic carbocycles. The SMILES string of the molecule is Cc1sc(N2CCN(C)CC2)nc1-c1ccc(C(=O)N[C@@H](CC(C)C)C(=O)N2C[C@H](F)[C@H]3OCC(=O)[C@H]32)cc1. The number of ether oxygens (including phenoxy) is 1. The Balaban J connectivity index is 1.28. The van der Waals surface area contributed by atoms with Gasteiger partial charge in [0.05, 0.1) is 12.2 Å². The molecule has 0 spiro atoms. The van der Waals surface area contributed by atoms with Gasteiger partial charge in [-0.2, -0.15) is 0 Å². The average molecular weight is 558 g/mol. The van der Waals surface area contributed by atoms with Crippen molar-refractivity contribution in [2.24, 2.45) is 5.92 Å². The first-order valence-electron chi connectivity index (χ1n) is 13.5. The molecule has 0 unspecified atom stereocenters. The summed E-state index contributed by atoms with van der Waals surface area (Å²) in [6.45, 7) is 9.47. The lowest BCUT2D eigenvalue weighted by Crippen LogP contribution is -2.52. The number of likely N-dealkylation sites (tertiary alicyclic amines) is 1. The third-order valence-electron chi connectivity index (χ3n) is 7.70. The molecule has 1 N–H and O–H groups in total. The van der Waals surface area contributed by atoms with Crippen molar-refractivity contribution in [3.8, 4) is 11.3 Å². The minimum atomic E-state index is -1.42. The molecule has 3 fully saturated rings. The number of fused-ring (bicyclic) bond motifs is 1. The second kappa shape index (κ2) is 11.3. The van der Waals surface area contributed by atoms with Crippen LogP contribution in [0.2, 0.25) is 0 Å². The molecule has 210 valence electrons. The zero-order valence-corrected chi connectivity index (χ0v) is 23.7. The fourth-order valence-corrected chi connectivity index (χ4v) is 6.50. The zero-order valence-electron chi connectivity index (χ0n) is 22.9. The number of aryl methyl sites for hydroxylation is 1. The van der Waals surface area contributed by atoms with Gasteiger partial charge in [-0.25, -0.2) is 9.37 Å². The van der Waals surface area contributed by atoms with Crippen LogP contribution in [0.15, 0.2) is 24.3 Å². The standard InChI is InChI=1S/C28H36FN5O4S/c1-16(2)13-21(27(37)34-14-20(29)25-24(34)22(35)15-38-25)30-26(36)19-7-5-18(6-8-19)23-17(3)39-28(31-23)33-11-9-32(4)10-12-33/h5-8,16,20-21,24-25H,9-15H2,1-4H3,(H,30,36)/t20-,21-,24+,25+/m0/s1. The van der Waals surface area contributed by atoms with Crippen LogP contribution in [0.1, 0.15) is 35.5 Å². The van der Waals surface area contributed by atoms with E-state index in [1.807, 2.05) is 26.0 Å². The summed E-state index contributed by atoms with van der Waals surface area (Å²) in [5.41, 5.74) is 2.24. The number of rotatable bonds is 7.